The minimum absolute atomic E-state index is 0.289. The minimum atomic E-state index is -0.289. The molecule has 0 radical (unpaired) electrons. The summed E-state index contributed by atoms with van der Waals surface area (Å²) in [6, 6.07) is 4.88. The molecule has 0 aliphatic rings. The number of methoxy groups -OCH3 is 1. The molecule has 0 fully saturated rings. The Morgan fingerprint density at radius 2 is 2.28 bits per heavy atom. The van der Waals surface area contributed by atoms with Gasteiger partial charge in [-0.3, -0.25) is 9.48 Å². The Kier molecular flexibility index (Phi) is 3.53. The smallest absolute Gasteiger partial charge is 0.259 e. The highest BCUT2D eigenvalue weighted by atomic mass is 35.5. The van der Waals surface area contributed by atoms with Crippen LogP contribution in [-0.4, -0.2) is 22.8 Å². The molecule has 0 saturated heterocycles. The predicted molar refractivity (Wildman–Crippen MR) is 69.2 cm³/mol. The number of aromatic nitrogens is 2. The second kappa shape index (κ2) is 5.10. The van der Waals surface area contributed by atoms with Gasteiger partial charge in [0.15, 0.2) is 0 Å². The van der Waals surface area contributed by atoms with E-state index in [9.17, 15) is 4.79 Å². The number of hydrogen-bond donors (Lipinski definition) is 1. The summed E-state index contributed by atoms with van der Waals surface area (Å²) in [5.41, 5.74) is 0.999. The van der Waals surface area contributed by atoms with Crippen LogP contribution in [0.15, 0.2) is 30.6 Å². The van der Waals surface area contributed by atoms with Crippen molar-refractivity contribution in [2.75, 3.05) is 12.4 Å². The Bertz CT molecular complexity index is 580. The van der Waals surface area contributed by atoms with Crippen LogP contribution in [0.1, 0.15) is 10.4 Å². The Morgan fingerprint density at radius 1 is 1.50 bits per heavy atom. The van der Waals surface area contributed by atoms with E-state index in [-0.39, 0.29) is 5.91 Å². The molecule has 1 amide bonds. The van der Waals surface area contributed by atoms with E-state index in [1.54, 1.807) is 42.3 Å². The second-order valence-corrected chi connectivity index (χ2v) is 4.14. The van der Waals surface area contributed by atoms with Crippen LogP contribution in [0.2, 0.25) is 5.02 Å². The number of ether oxygens (including phenoxy) is 1. The van der Waals surface area contributed by atoms with Gasteiger partial charge >= 0.3 is 0 Å². The van der Waals surface area contributed by atoms with Crippen LogP contribution >= 0.6 is 11.6 Å². The number of anilines is 1. The normalized spacial score (nSPS) is 10.2. The molecule has 0 aliphatic heterocycles. The van der Waals surface area contributed by atoms with Crippen molar-refractivity contribution < 1.29 is 9.53 Å². The Balaban J connectivity index is 2.25. The number of hydrogen-bond acceptors (Lipinski definition) is 3. The van der Waals surface area contributed by atoms with E-state index >= 15 is 0 Å². The SMILES string of the molecule is COc1ccc(Cl)cc1C(=O)Nc1cnn(C)c1. The summed E-state index contributed by atoms with van der Waals surface area (Å²) in [4.78, 5) is 12.1. The fraction of sp³-hybridized carbons (Fsp3) is 0.167. The average molecular weight is 266 g/mol. The lowest BCUT2D eigenvalue weighted by Gasteiger charge is -2.08. The number of nitrogens with zero attached hydrogens (tertiary/aromatic N) is 2. The standard InChI is InChI=1S/C12H12ClN3O2/c1-16-7-9(6-14-16)15-12(17)10-5-8(13)3-4-11(10)18-2/h3-7H,1-2H3,(H,15,17). The Labute approximate surface area is 109 Å². The lowest BCUT2D eigenvalue weighted by atomic mass is 10.2. The molecule has 6 heteroatoms. The molecule has 1 heterocycles. The molecule has 2 aromatic rings. The third-order valence-electron chi connectivity index (χ3n) is 2.37. The van der Waals surface area contributed by atoms with Crippen molar-refractivity contribution >= 4 is 23.2 Å². The van der Waals surface area contributed by atoms with Gasteiger partial charge in [0, 0.05) is 18.3 Å². The van der Waals surface area contributed by atoms with Gasteiger partial charge in [0.2, 0.25) is 0 Å². The first kappa shape index (κ1) is 12.4. The van der Waals surface area contributed by atoms with Gasteiger partial charge in [-0.1, -0.05) is 11.6 Å². The number of benzene rings is 1. The molecule has 5 nitrogen and oxygen atoms in total. The van der Waals surface area contributed by atoms with Crippen molar-refractivity contribution in [3.05, 3.63) is 41.2 Å². The van der Waals surface area contributed by atoms with Gasteiger partial charge < -0.3 is 10.1 Å². The molecule has 1 N–H and O–H groups in total. The minimum Gasteiger partial charge on any atom is -0.496 e. The topological polar surface area (TPSA) is 56.1 Å². The van der Waals surface area contributed by atoms with E-state index in [0.29, 0.717) is 22.0 Å². The van der Waals surface area contributed by atoms with Gasteiger partial charge in [0.1, 0.15) is 5.75 Å². The van der Waals surface area contributed by atoms with Crippen molar-refractivity contribution in [2.24, 2.45) is 7.05 Å². The number of rotatable bonds is 3. The van der Waals surface area contributed by atoms with Gasteiger partial charge in [0.05, 0.1) is 24.6 Å². The molecule has 1 aromatic heterocycles. The van der Waals surface area contributed by atoms with Crippen LogP contribution in [0.4, 0.5) is 5.69 Å². The largest absolute Gasteiger partial charge is 0.496 e. The number of carbonyl (C=O) groups is 1. The van der Waals surface area contributed by atoms with Gasteiger partial charge in [-0.15, -0.1) is 0 Å². The maximum atomic E-state index is 12.1. The summed E-state index contributed by atoms with van der Waals surface area (Å²) in [5, 5.41) is 7.17. The van der Waals surface area contributed by atoms with E-state index in [1.165, 1.54) is 7.11 Å². The molecule has 2 rings (SSSR count). The molecule has 94 valence electrons. The third kappa shape index (κ3) is 2.62. The molecule has 0 spiro atoms. The van der Waals surface area contributed by atoms with Gasteiger partial charge in [-0.25, -0.2) is 0 Å². The van der Waals surface area contributed by atoms with Crippen LogP contribution in [0.25, 0.3) is 0 Å². The summed E-state index contributed by atoms with van der Waals surface area (Å²) >= 11 is 5.87. The molecule has 0 bridgehead atoms. The monoisotopic (exact) mass is 265 g/mol. The lowest BCUT2D eigenvalue weighted by molar-refractivity contribution is 0.102. The number of aryl methyl sites for hydroxylation is 1. The fourth-order valence-corrected chi connectivity index (χ4v) is 1.71. The van der Waals surface area contributed by atoms with E-state index in [4.69, 9.17) is 16.3 Å². The highest BCUT2D eigenvalue weighted by molar-refractivity contribution is 6.31. The van der Waals surface area contributed by atoms with E-state index < -0.39 is 0 Å². The van der Waals surface area contributed by atoms with Crippen molar-refractivity contribution in [1.29, 1.82) is 0 Å². The maximum Gasteiger partial charge on any atom is 0.259 e. The number of amides is 1. The zero-order valence-corrected chi connectivity index (χ0v) is 10.7. The van der Waals surface area contributed by atoms with Crippen molar-refractivity contribution in [3.63, 3.8) is 0 Å². The highest BCUT2D eigenvalue weighted by Crippen LogP contribution is 2.23. The predicted octanol–water partition coefficient (Wildman–Crippen LogP) is 2.33. The average Bonchev–Trinajstić information content (AvgIpc) is 2.74. The molecule has 1 aromatic carbocycles. The summed E-state index contributed by atoms with van der Waals surface area (Å²) in [6.07, 6.45) is 3.27. The first-order valence-corrected chi connectivity index (χ1v) is 5.61. The number of nitrogens with one attached hydrogen (secondary N) is 1. The highest BCUT2D eigenvalue weighted by Gasteiger charge is 2.13. The van der Waals surface area contributed by atoms with E-state index in [2.05, 4.69) is 10.4 Å². The zero-order valence-electron chi connectivity index (χ0n) is 9.98. The van der Waals surface area contributed by atoms with Crippen molar-refractivity contribution in [1.82, 2.24) is 9.78 Å². The molecule has 0 atom stereocenters. The van der Waals surface area contributed by atoms with Crippen molar-refractivity contribution in [2.45, 2.75) is 0 Å². The maximum absolute atomic E-state index is 12.1. The quantitative estimate of drug-likeness (QED) is 0.927. The first-order chi connectivity index (χ1) is 8.60. The van der Waals surface area contributed by atoms with Crippen LogP contribution < -0.4 is 10.1 Å². The summed E-state index contributed by atoms with van der Waals surface area (Å²) in [5.74, 6) is 0.183. The lowest BCUT2D eigenvalue weighted by Crippen LogP contribution is -2.12. The molecule has 18 heavy (non-hydrogen) atoms. The molecule has 0 unspecified atom stereocenters. The van der Waals surface area contributed by atoms with Gasteiger partial charge in [-0.2, -0.15) is 5.10 Å². The van der Waals surface area contributed by atoms with Crippen LogP contribution in [0, 0.1) is 0 Å². The number of halogens is 1. The molecule has 0 saturated carbocycles. The fourth-order valence-electron chi connectivity index (χ4n) is 1.54. The van der Waals surface area contributed by atoms with Crippen molar-refractivity contribution in [3.8, 4) is 5.75 Å². The zero-order chi connectivity index (χ0) is 13.1. The summed E-state index contributed by atoms with van der Waals surface area (Å²) in [7, 11) is 3.28. The first-order valence-electron chi connectivity index (χ1n) is 5.23. The summed E-state index contributed by atoms with van der Waals surface area (Å²) in [6.45, 7) is 0. The van der Waals surface area contributed by atoms with E-state index in [1.807, 2.05) is 0 Å². The Hall–Kier alpha value is -2.01. The van der Waals surface area contributed by atoms with Crippen LogP contribution in [0.5, 0.6) is 5.75 Å². The second-order valence-electron chi connectivity index (χ2n) is 3.70. The summed E-state index contributed by atoms with van der Waals surface area (Å²) < 4.78 is 6.73. The third-order valence-corrected chi connectivity index (χ3v) is 2.60. The molecule has 0 aliphatic carbocycles. The van der Waals surface area contributed by atoms with E-state index in [0.717, 1.165) is 0 Å². The van der Waals surface area contributed by atoms with Crippen LogP contribution in [0.3, 0.4) is 0 Å². The van der Waals surface area contributed by atoms with Crippen LogP contribution in [-0.2, 0) is 7.05 Å². The molecular weight excluding hydrogens is 254 g/mol. The Morgan fingerprint density at radius 3 is 2.89 bits per heavy atom. The van der Waals surface area contributed by atoms with Gasteiger partial charge in [0.25, 0.3) is 5.91 Å². The molecular formula is C12H12ClN3O2. The van der Waals surface area contributed by atoms with Gasteiger partial charge in [-0.05, 0) is 18.2 Å². The number of carbonyl (C=O) groups excluding carboxylic acids is 1.